The summed E-state index contributed by atoms with van der Waals surface area (Å²) in [6.45, 7) is 3.88. The molecule has 0 N–H and O–H groups in total. The third kappa shape index (κ3) is 5.71. The van der Waals surface area contributed by atoms with Crippen LogP contribution in [0.2, 0.25) is 0 Å². The van der Waals surface area contributed by atoms with E-state index in [2.05, 4.69) is 34.5 Å². The van der Waals surface area contributed by atoms with Crippen LogP contribution in [0.4, 0.5) is 0 Å². The highest BCUT2D eigenvalue weighted by atomic mass is 15.2. The second-order valence-electron chi connectivity index (χ2n) is 4.97. The highest BCUT2D eigenvalue weighted by Gasteiger charge is 1.88. The maximum atomic E-state index is 4.22. The minimum atomic E-state index is 0.872. The van der Waals surface area contributed by atoms with Gasteiger partial charge in [-0.15, -0.1) is 0 Å². The number of hydrogen-bond acceptors (Lipinski definition) is 2. The number of nitrogens with zero attached hydrogens (tertiary/aromatic N) is 2. The fraction of sp³-hybridized carbons (Fsp3) is 0.100. The Morgan fingerprint density at radius 2 is 1.00 bits per heavy atom. The van der Waals surface area contributed by atoms with Crippen molar-refractivity contribution in [1.82, 2.24) is 0 Å². The molecule has 0 spiro atoms. The Labute approximate surface area is 132 Å². The fourth-order valence-corrected chi connectivity index (χ4v) is 1.79. The quantitative estimate of drug-likeness (QED) is 0.530. The van der Waals surface area contributed by atoms with Gasteiger partial charge < -0.3 is 0 Å². The Balaban J connectivity index is 1.96. The van der Waals surface area contributed by atoms with Gasteiger partial charge in [0, 0.05) is 0 Å². The fourth-order valence-electron chi connectivity index (χ4n) is 1.79. The van der Waals surface area contributed by atoms with E-state index in [9.17, 15) is 0 Å². The summed E-state index contributed by atoms with van der Waals surface area (Å²) in [5, 5.41) is 8.44. The SMILES string of the molecule is CC(/C=C/c1ccccc1)=NN=C(C)/C=C/c1ccccc1. The molecular formula is C20H20N2. The molecule has 0 fully saturated rings. The highest BCUT2D eigenvalue weighted by molar-refractivity contribution is 5.99. The van der Waals surface area contributed by atoms with E-state index in [1.54, 1.807) is 0 Å². The Morgan fingerprint density at radius 3 is 1.36 bits per heavy atom. The zero-order valence-electron chi connectivity index (χ0n) is 13.0. The van der Waals surface area contributed by atoms with E-state index in [0.29, 0.717) is 0 Å². The maximum absolute atomic E-state index is 4.22. The molecule has 0 aromatic heterocycles. The molecule has 0 saturated carbocycles. The second kappa shape index (κ2) is 8.53. The van der Waals surface area contributed by atoms with Crippen LogP contribution >= 0.6 is 0 Å². The van der Waals surface area contributed by atoms with E-state index in [1.165, 1.54) is 0 Å². The molecule has 0 bridgehead atoms. The first-order valence-electron chi connectivity index (χ1n) is 7.29. The summed E-state index contributed by atoms with van der Waals surface area (Å²) in [6.07, 6.45) is 7.99. The van der Waals surface area contributed by atoms with Gasteiger partial charge in [0.2, 0.25) is 0 Å². The zero-order chi connectivity index (χ0) is 15.6. The lowest BCUT2D eigenvalue weighted by Gasteiger charge is -1.93. The molecule has 0 amide bonds. The number of allylic oxidation sites excluding steroid dienone is 2. The number of benzene rings is 2. The molecule has 2 rings (SSSR count). The summed E-state index contributed by atoms with van der Waals surface area (Å²) in [7, 11) is 0. The molecule has 2 aromatic carbocycles. The molecule has 0 unspecified atom stereocenters. The van der Waals surface area contributed by atoms with Crippen LogP contribution in [0.3, 0.4) is 0 Å². The first-order chi connectivity index (χ1) is 10.7. The van der Waals surface area contributed by atoms with Crippen molar-refractivity contribution < 1.29 is 0 Å². The van der Waals surface area contributed by atoms with E-state index in [-0.39, 0.29) is 0 Å². The average molecular weight is 288 g/mol. The number of hydrogen-bond donors (Lipinski definition) is 0. The Bertz CT molecular complexity index is 630. The minimum absolute atomic E-state index is 0.872. The van der Waals surface area contributed by atoms with Gasteiger partial charge in [-0.1, -0.05) is 72.8 Å². The van der Waals surface area contributed by atoms with Crippen LogP contribution < -0.4 is 0 Å². The molecule has 22 heavy (non-hydrogen) atoms. The molecule has 0 heterocycles. The Hall–Kier alpha value is -2.74. The van der Waals surface area contributed by atoms with Gasteiger partial charge in [-0.05, 0) is 37.1 Å². The summed E-state index contributed by atoms with van der Waals surface area (Å²) >= 11 is 0. The van der Waals surface area contributed by atoms with Crippen LogP contribution in [0.1, 0.15) is 25.0 Å². The molecule has 0 saturated heterocycles. The standard InChI is InChI=1S/C20H20N2/c1-17(13-15-19-9-5-3-6-10-19)21-22-18(2)14-16-20-11-7-4-8-12-20/h3-16H,1-2H3/b15-13+,16-14+,21-17?,22-18?. The largest absolute Gasteiger partial charge is 0.156 e. The second-order valence-corrected chi connectivity index (χ2v) is 4.97. The molecule has 110 valence electrons. The van der Waals surface area contributed by atoms with Gasteiger partial charge in [-0.2, -0.15) is 10.2 Å². The van der Waals surface area contributed by atoms with Gasteiger partial charge in [0.15, 0.2) is 0 Å². The van der Waals surface area contributed by atoms with Crippen molar-refractivity contribution in [1.29, 1.82) is 0 Å². The summed E-state index contributed by atoms with van der Waals surface area (Å²) in [5.41, 5.74) is 4.05. The number of rotatable bonds is 5. The first kappa shape index (κ1) is 15.6. The molecule has 0 atom stereocenters. The predicted octanol–water partition coefficient (Wildman–Crippen LogP) is 5.25. The minimum Gasteiger partial charge on any atom is -0.156 e. The topological polar surface area (TPSA) is 24.7 Å². The first-order valence-corrected chi connectivity index (χ1v) is 7.29. The van der Waals surface area contributed by atoms with Crippen LogP contribution in [-0.4, -0.2) is 11.4 Å². The molecule has 2 heteroatoms. The lowest BCUT2D eigenvalue weighted by molar-refractivity contribution is 1.23. The van der Waals surface area contributed by atoms with Gasteiger partial charge in [0.25, 0.3) is 0 Å². The molecule has 0 aliphatic rings. The van der Waals surface area contributed by atoms with E-state index in [1.807, 2.05) is 74.5 Å². The van der Waals surface area contributed by atoms with Gasteiger partial charge in [0.05, 0.1) is 11.4 Å². The van der Waals surface area contributed by atoms with E-state index >= 15 is 0 Å². The lowest BCUT2D eigenvalue weighted by Crippen LogP contribution is -1.87. The normalized spacial score (nSPS) is 13.2. The summed E-state index contributed by atoms with van der Waals surface area (Å²) in [4.78, 5) is 0. The van der Waals surface area contributed by atoms with Gasteiger partial charge in [0.1, 0.15) is 0 Å². The molecule has 0 aliphatic carbocycles. The van der Waals surface area contributed by atoms with Crippen LogP contribution in [0.25, 0.3) is 12.2 Å². The molecule has 2 aromatic rings. The Morgan fingerprint density at radius 1 is 0.636 bits per heavy atom. The predicted molar refractivity (Wildman–Crippen MR) is 97.2 cm³/mol. The summed E-state index contributed by atoms with van der Waals surface area (Å²) in [5.74, 6) is 0. The van der Waals surface area contributed by atoms with Crippen LogP contribution in [0.15, 0.2) is 83.0 Å². The monoisotopic (exact) mass is 288 g/mol. The summed E-state index contributed by atoms with van der Waals surface area (Å²) in [6, 6.07) is 20.3. The van der Waals surface area contributed by atoms with Crippen molar-refractivity contribution in [2.75, 3.05) is 0 Å². The van der Waals surface area contributed by atoms with Gasteiger partial charge in [-0.3, -0.25) is 0 Å². The van der Waals surface area contributed by atoms with Crippen molar-refractivity contribution in [3.8, 4) is 0 Å². The molecule has 2 nitrogen and oxygen atoms in total. The Kier molecular flexibility index (Phi) is 6.06. The van der Waals surface area contributed by atoms with E-state index in [0.717, 1.165) is 22.6 Å². The van der Waals surface area contributed by atoms with E-state index in [4.69, 9.17) is 0 Å². The van der Waals surface area contributed by atoms with Crippen molar-refractivity contribution in [3.63, 3.8) is 0 Å². The van der Waals surface area contributed by atoms with Crippen molar-refractivity contribution in [2.24, 2.45) is 10.2 Å². The lowest BCUT2D eigenvalue weighted by atomic mass is 10.2. The van der Waals surface area contributed by atoms with Crippen LogP contribution in [0, 0.1) is 0 Å². The van der Waals surface area contributed by atoms with Crippen LogP contribution in [-0.2, 0) is 0 Å². The van der Waals surface area contributed by atoms with Crippen molar-refractivity contribution >= 4 is 23.6 Å². The van der Waals surface area contributed by atoms with Crippen molar-refractivity contribution in [3.05, 3.63) is 83.9 Å². The van der Waals surface area contributed by atoms with Crippen LogP contribution in [0.5, 0.6) is 0 Å². The highest BCUT2D eigenvalue weighted by Crippen LogP contribution is 2.02. The zero-order valence-corrected chi connectivity index (χ0v) is 13.0. The third-order valence-corrected chi connectivity index (χ3v) is 3.00. The maximum Gasteiger partial charge on any atom is 0.0599 e. The van der Waals surface area contributed by atoms with Gasteiger partial charge in [-0.25, -0.2) is 0 Å². The smallest absolute Gasteiger partial charge is 0.0599 e. The summed E-state index contributed by atoms with van der Waals surface area (Å²) < 4.78 is 0. The molecule has 0 aliphatic heterocycles. The third-order valence-electron chi connectivity index (χ3n) is 3.00. The molecular weight excluding hydrogens is 268 g/mol. The van der Waals surface area contributed by atoms with Crippen molar-refractivity contribution in [2.45, 2.75) is 13.8 Å². The average Bonchev–Trinajstić information content (AvgIpc) is 2.58. The van der Waals surface area contributed by atoms with E-state index < -0.39 is 0 Å². The van der Waals surface area contributed by atoms with Gasteiger partial charge >= 0.3 is 0 Å². The molecule has 0 radical (unpaired) electrons.